The van der Waals surface area contributed by atoms with Gasteiger partial charge in [0.1, 0.15) is 5.82 Å². The second-order valence-corrected chi connectivity index (χ2v) is 4.70. The Labute approximate surface area is 103 Å². The predicted molar refractivity (Wildman–Crippen MR) is 68.1 cm³/mol. The number of fused-ring (bicyclic) bond motifs is 1. The molecule has 2 aromatic heterocycles. The lowest BCUT2D eigenvalue weighted by atomic mass is 9.93. The van der Waals surface area contributed by atoms with Crippen molar-refractivity contribution in [3.05, 3.63) is 16.2 Å². The van der Waals surface area contributed by atoms with Crippen LogP contribution < -0.4 is 16.6 Å². The van der Waals surface area contributed by atoms with Crippen LogP contribution in [0, 0.1) is 0 Å². The smallest absolute Gasteiger partial charge is 0.278 e. The van der Waals surface area contributed by atoms with Gasteiger partial charge in [0.2, 0.25) is 5.95 Å². The van der Waals surface area contributed by atoms with Crippen LogP contribution in [0.3, 0.4) is 0 Å². The number of anilines is 1. The average molecular weight is 248 g/mol. The Kier molecular flexibility index (Phi) is 2.37. The summed E-state index contributed by atoms with van der Waals surface area (Å²) < 4.78 is 0. The van der Waals surface area contributed by atoms with Gasteiger partial charge in [-0.2, -0.15) is 4.98 Å². The Morgan fingerprint density at radius 2 is 2.22 bits per heavy atom. The Morgan fingerprint density at radius 3 is 2.89 bits per heavy atom. The van der Waals surface area contributed by atoms with Crippen LogP contribution in [0.5, 0.6) is 0 Å². The fraction of sp³-hybridized carbons (Fsp3) is 0.545. The lowest BCUT2D eigenvalue weighted by Crippen LogP contribution is -2.37. The molecule has 1 aliphatic rings. The van der Waals surface area contributed by atoms with E-state index in [9.17, 15) is 4.79 Å². The molecular formula is C11H16N6O. The average Bonchev–Trinajstić information content (AvgIpc) is 2.94. The van der Waals surface area contributed by atoms with Gasteiger partial charge >= 0.3 is 0 Å². The molecule has 0 aliphatic carbocycles. The van der Waals surface area contributed by atoms with Crippen molar-refractivity contribution in [1.29, 1.82) is 0 Å². The van der Waals surface area contributed by atoms with Gasteiger partial charge in [-0.15, -0.1) is 0 Å². The first-order chi connectivity index (χ1) is 8.64. The number of hydrogen-bond acceptors (Lipinski definition) is 5. The third-order valence-electron chi connectivity index (χ3n) is 3.68. The van der Waals surface area contributed by atoms with E-state index in [2.05, 4.69) is 32.2 Å². The number of nitrogen functional groups attached to an aromatic ring is 1. The van der Waals surface area contributed by atoms with Gasteiger partial charge in [0.25, 0.3) is 5.56 Å². The van der Waals surface area contributed by atoms with Crippen molar-refractivity contribution in [2.24, 2.45) is 0 Å². The lowest BCUT2D eigenvalue weighted by molar-refractivity contribution is 0.356. The van der Waals surface area contributed by atoms with Crippen molar-refractivity contribution in [1.82, 2.24) is 25.3 Å². The maximum atomic E-state index is 11.8. The molecule has 2 aromatic rings. The van der Waals surface area contributed by atoms with Crippen LogP contribution >= 0.6 is 0 Å². The topological polar surface area (TPSA) is 112 Å². The molecule has 3 heterocycles. The van der Waals surface area contributed by atoms with Gasteiger partial charge in [0.15, 0.2) is 11.2 Å². The van der Waals surface area contributed by atoms with Crippen molar-refractivity contribution in [2.75, 3.05) is 12.3 Å². The molecule has 96 valence electrons. The molecule has 0 aromatic carbocycles. The van der Waals surface area contributed by atoms with Crippen molar-refractivity contribution in [3.63, 3.8) is 0 Å². The van der Waals surface area contributed by atoms with Crippen LogP contribution in [0.1, 0.15) is 32.0 Å². The molecule has 1 aliphatic heterocycles. The van der Waals surface area contributed by atoms with E-state index in [4.69, 9.17) is 5.73 Å². The lowest BCUT2D eigenvalue weighted by Gasteiger charge is -2.25. The normalized spacial score (nSPS) is 23.8. The number of aromatic nitrogens is 4. The van der Waals surface area contributed by atoms with E-state index in [1.54, 1.807) is 0 Å². The first-order valence-corrected chi connectivity index (χ1v) is 6.15. The van der Waals surface area contributed by atoms with Gasteiger partial charge in [-0.05, 0) is 25.8 Å². The number of aromatic amines is 2. The third kappa shape index (κ3) is 1.51. The maximum absolute atomic E-state index is 11.8. The second-order valence-electron chi connectivity index (χ2n) is 4.70. The molecule has 0 saturated carbocycles. The molecule has 1 saturated heterocycles. The Morgan fingerprint density at radius 1 is 1.39 bits per heavy atom. The van der Waals surface area contributed by atoms with E-state index in [0.717, 1.165) is 31.6 Å². The van der Waals surface area contributed by atoms with E-state index >= 15 is 0 Å². The zero-order chi connectivity index (χ0) is 12.8. The number of hydrogen-bond donors (Lipinski definition) is 4. The quantitative estimate of drug-likeness (QED) is 0.607. The molecule has 0 amide bonds. The standard InChI is InChI=1S/C11H16N6O/c1-2-11(4-3-5-13-11)9-14-6-7(15-9)16-10(12)17-8(6)18/h13H,2-5H2,1H3,(H4,12,14,15,16,17,18). The molecular weight excluding hydrogens is 232 g/mol. The van der Waals surface area contributed by atoms with E-state index in [0.29, 0.717) is 11.2 Å². The number of nitrogens with zero attached hydrogens (tertiary/aromatic N) is 2. The van der Waals surface area contributed by atoms with Crippen LogP contribution in [0.25, 0.3) is 11.2 Å². The van der Waals surface area contributed by atoms with Gasteiger partial charge in [0, 0.05) is 0 Å². The Balaban J connectivity index is 2.19. The van der Waals surface area contributed by atoms with E-state index in [-0.39, 0.29) is 17.0 Å². The van der Waals surface area contributed by atoms with Crippen LogP contribution in [0.2, 0.25) is 0 Å². The van der Waals surface area contributed by atoms with Gasteiger partial charge in [-0.1, -0.05) is 6.92 Å². The molecule has 0 radical (unpaired) electrons. The molecule has 0 bridgehead atoms. The summed E-state index contributed by atoms with van der Waals surface area (Å²) >= 11 is 0. The molecule has 7 heteroatoms. The van der Waals surface area contributed by atoms with Crippen molar-refractivity contribution >= 4 is 17.1 Å². The molecule has 1 atom stereocenters. The molecule has 18 heavy (non-hydrogen) atoms. The van der Waals surface area contributed by atoms with E-state index < -0.39 is 0 Å². The van der Waals surface area contributed by atoms with Crippen LogP contribution in [-0.2, 0) is 5.54 Å². The SMILES string of the molecule is CCC1(c2nc3nc(N)[nH]c(=O)c3[nH]2)CCCN1. The largest absolute Gasteiger partial charge is 0.369 e. The number of nitrogens with one attached hydrogen (secondary N) is 3. The van der Waals surface area contributed by atoms with Gasteiger partial charge < -0.3 is 16.0 Å². The zero-order valence-corrected chi connectivity index (χ0v) is 10.2. The summed E-state index contributed by atoms with van der Waals surface area (Å²) in [6, 6.07) is 0. The van der Waals surface area contributed by atoms with Gasteiger partial charge in [-0.3, -0.25) is 9.78 Å². The minimum Gasteiger partial charge on any atom is -0.369 e. The van der Waals surface area contributed by atoms with E-state index in [1.165, 1.54) is 0 Å². The fourth-order valence-electron chi connectivity index (χ4n) is 2.63. The summed E-state index contributed by atoms with van der Waals surface area (Å²) in [5.41, 5.74) is 5.85. The molecule has 3 rings (SSSR count). The highest BCUT2D eigenvalue weighted by Gasteiger charge is 2.36. The summed E-state index contributed by atoms with van der Waals surface area (Å²) in [6.07, 6.45) is 3.04. The fourth-order valence-corrected chi connectivity index (χ4v) is 2.63. The molecule has 1 unspecified atom stereocenters. The number of imidazole rings is 1. The summed E-state index contributed by atoms with van der Waals surface area (Å²) in [4.78, 5) is 25.8. The number of nitrogens with two attached hydrogens (primary N) is 1. The molecule has 1 fully saturated rings. The van der Waals surface area contributed by atoms with E-state index in [1.807, 2.05) is 0 Å². The first kappa shape index (κ1) is 11.2. The highest BCUT2D eigenvalue weighted by atomic mass is 16.1. The summed E-state index contributed by atoms with van der Waals surface area (Å²) in [7, 11) is 0. The second kappa shape index (κ2) is 3.81. The summed E-state index contributed by atoms with van der Waals surface area (Å²) in [5.74, 6) is 0.872. The first-order valence-electron chi connectivity index (χ1n) is 6.15. The van der Waals surface area contributed by atoms with Crippen LogP contribution in [0.4, 0.5) is 5.95 Å². The highest BCUT2D eigenvalue weighted by molar-refractivity contribution is 5.70. The van der Waals surface area contributed by atoms with Gasteiger partial charge in [0.05, 0.1) is 5.54 Å². The van der Waals surface area contributed by atoms with Crippen LogP contribution in [0.15, 0.2) is 4.79 Å². The molecule has 5 N–H and O–H groups in total. The number of rotatable bonds is 2. The Bertz CT molecular complexity index is 637. The third-order valence-corrected chi connectivity index (χ3v) is 3.68. The van der Waals surface area contributed by atoms with Crippen molar-refractivity contribution in [3.8, 4) is 0 Å². The molecule has 0 spiro atoms. The molecule has 7 nitrogen and oxygen atoms in total. The van der Waals surface area contributed by atoms with Crippen molar-refractivity contribution in [2.45, 2.75) is 31.7 Å². The maximum Gasteiger partial charge on any atom is 0.278 e. The summed E-state index contributed by atoms with van der Waals surface area (Å²) in [6.45, 7) is 3.08. The minimum absolute atomic E-state index is 0.0930. The minimum atomic E-state index is -0.277. The predicted octanol–water partition coefficient (Wildman–Crippen LogP) is 0.217. The zero-order valence-electron chi connectivity index (χ0n) is 10.2. The Hall–Kier alpha value is -1.89. The van der Waals surface area contributed by atoms with Crippen LogP contribution in [-0.4, -0.2) is 26.5 Å². The monoisotopic (exact) mass is 248 g/mol. The van der Waals surface area contributed by atoms with Gasteiger partial charge in [-0.25, -0.2) is 4.98 Å². The number of H-pyrrole nitrogens is 2. The highest BCUT2D eigenvalue weighted by Crippen LogP contribution is 2.32. The van der Waals surface area contributed by atoms with Crippen molar-refractivity contribution < 1.29 is 0 Å². The summed E-state index contributed by atoms with van der Waals surface area (Å²) in [5, 5.41) is 3.47.